The van der Waals surface area contributed by atoms with Gasteiger partial charge in [0.2, 0.25) is 0 Å². The lowest BCUT2D eigenvalue weighted by atomic mass is 10.1. The van der Waals surface area contributed by atoms with Crippen molar-refractivity contribution in [3.63, 3.8) is 0 Å². The fraction of sp³-hybridized carbons (Fsp3) is 0.333. The van der Waals surface area contributed by atoms with Crippen molar-refractivity contribution in [2.24, 2.45) is 5.73 Å². The highest BCUT2D eigenvalue weighted by molar-refractivity contribution is 6.01. The highest BCUT2D eigenvalue weighted by Crippen LogP contribution is 2.19. The van der Waals surface area contributed by atoms with Crippen LogP contribution < -0.4 is 16.4 Å². The number of urea groups is 1. The maximum absolute atomic E-state index is 11.5. The molecule has 0 aliphatic rings. The fourth-order valence-corrected chi connectivity index (χ4v) is 1.53. The van der Waals surface area contributed by atoms with Crippen molar-refractivity contribution in [2.75, 3.05) is 18.4 Å². The van der Waals surface area contributed by atoms with E-state index in [0.717, 1.165) is 0 Å². The smallest absolute Gasteiger partial charge is 0.338 e. The minimum Gasteiger partial charge on any atom is -0.478 e. The van der Waals surface area contributed by atoms with Crippen LogP contribution in [0.1, 0.15) is 22.3 Å². The predicted octanol–water partition coefficient (Wildman–Crippen LogP) is 1.16. The Hall–Kier alpha value is -2.08. The molecule has 2 amide bonds. The number of carboxylic acid groups (broad SMARTS) is 1. The molecular formula is C12H17N3O3. The maximum atomic E-state index is 11.5. The lowest BCUT2D eigenvalue weighted by Gasteiger charge is -2.11. The van der Waals surface area contributed by atoms with Gasteiger partial charge in [-0.25, -0.2) is 9.59 Å². The van der Waals surface area contributed by atoms with Crippen LogP contribution in [0.15, 0.2) is 18.2 Å². The lowest BCUT2D eigenvalue weighted by Crippen LogP contribution is -2.31. The number of carboxylic acids is 1. The highest BCUT2D eigenvalue weighted by Gasteiger charge is 2.14. The lowest BCUT2D eigenvalue weighted by molar-refractivity contribution is 0.0697. The van der Waals surface area contributed by atoms with E-state index in [1.165, 1.54) is 0 Å². The van der Waals surface area contributed by atoms with Crippen molar-refractivity contribution in [3.05, 3.63) is 29.3 Å². The molecule has 0 spiro atoms. The molecule has 0 radical (unpaired) electrons. The van der Waals surface area contributed by atoms with Gasteiger partial charge < -0.3 is 21.5 Å². The van der Waals surface area contributed by atoms with Gasteiger partial charge in [0.25, 0.3) is 0 Å². The number of carbonyl (C=O) groups excluding carboxylic acids is 1. The minimum atomic E-state index is -1.06. The number of hydrogen-bond acceptors (Lipinski definition) is 3. The number of nitrogens with one attached hydrogen (secondary N) is 2. The summed E-state index contributed by atoms with van der Waals surface area (Å²) in [4.78, 5) is 22.6. The van der Waals surface area contributed by atoms with Crippen LogP contribution >= 0.6 is 0 Å². The molecule has 5 N–H and O–H groups in total. The summed E-state index contributed by atoms with van der Waals surface area (Å²) < 4.78 is 0. The molecule has 1 aromatic rings. The molecule has 1 rings (SSSR count). The monoisotopic (exact) mass is 251 g/mol. The molecule has 0 aliphatic carbocycles. The molecule has 6 heteroatoms. The van der Waals surface area contributed by atoms with Crippen molar-refractivity contribution in [1.29, 1.82) is 0 Å². The quantitative estimate of drug-likeness (QED) is 0.589. The molecule has 0 heterocycles. The number of carbonyl (C=O) groups is 2. The Morgan fingerprint density at radius 3 is 2.72 bits per heavy atom. The third-order valence-corrected chi connectivity index (χ3v) is 2.40. The molecule has 0 aliphatic heterocycles. The van der Waals surface area contributed by atoms with Crippen LogP contribution in [0, 0.1) is 6.92 Å². The topological polar surface area (TPSA) is 104 Å². The minimum absolute atomic E-state index is 0.103. The summed E-state index contributed by atoms with van der Waals surface area (Å²) in [5.41, 5.74) is 6.29. The first-order chi connectivity index (χ1) is 8.56. The van der Waals surface area contributed by atoms with Crippen LogP contribution in [0.2, 0.25) is 0 Å². The van der Waals surface area contributed by atoms with E-state index in [-0.39, 0.29) is 11.3 Å². The molecular weight excluding hydrogens is 234 g/mol. The van der Waals surface area contributed by atoms with E-state index in [2.05, 4.69) is 10.6 Å². The summed E-state index contributed by atoms with van der Waals surface area (Å²) >= 11 is 0. The number of anilines is 1. The van der Waals surface area contributed by atoms with Crippen LogP contribution in [0.5, 0.6) is 0 Å². The average Bonchev–Trinajstić information content (AvgIpc) is 2.28. The second-order valence-corrected chi connectivity index (χ2v) is 3.83. The number of amides is 2. The zero-order chi connectivity index (χ0) is 13.5. The largest absolute Gasteiger partial charge is 0.478 e. The molecule has 0 bridgehead atoms. The first kappa shape index (κ1) is 14.0. The van der Waals surface area contributed by atoms with E-state index in [0.29, 0.717) is 25.1 Å². The Bertz CT molecular complexity index is 446. The SMILES string of the molecule is Cc1cccc(NC(=O)NCCCN)c1C(=O)O. The standard InChI is InChI=1S/C12H17N3O3/c1-8-4-2-5-9(10(8)11(16)17)15-12(18)14-7-3-6-13/h2,4-5H,3,6-7,13H2,1H3,(H,16,17)(H2,14,15,18). The highest BCUT2D eigenvalue weighted by atomic mass is 16.4. The van der Waals surface area contributed by atoms with E-state index < -0.39 is 12.0 Å². The molecule has 98 valence electrons. The Labute approximate surface area is 105 Å². The molecule has 1 aromatic carbocycles. The third kappa shape index (κ3) is 3.74. The van der Waals surface area contributed by atoms with Crippen molar-refractivity contribution in [2.45, 2.75) is 13.3 Å². The Morgan fingerprint density at radius 2 is 2.11 bits per heavy atom. The van der Waals surface area contributed by atoms with E-state index >= 15 is 0 Å². The van der Waals surface area contributed by atoms with Gasteiger partial charge in [-0.2, -0.15) is 0 Å². The zero-order valence-electron chi connectivity index (χ0n) is 10.2. The molecule has 18 heavy (non-hydrogen) atoms. The third-order valence-electron chi connectivity index (χ3n) is 2.40. The average molecular weight is 251 g/mol. The fourth-order valence-electron chi connectivity index (χ4n) is 1.53. The number of hydrogen-bond donors (Lipinski definition) is 4. The van der Waals surface area contributed by atoms with Crippen molar-refractivity contribution in [1.82, 2.24) is 5.32 Å². The second-order valence-electron chi connectivity index (χ2n) is 3.83. The molecule has 0 saturated heterocycles. The number of aromatic carboxylic acids is 1. The van der Waals surface area contributed by atoms with Gasteiger partial charge in [0, 0.05) is 6.54 Å². The van der Waals surface area contributed by atoms with Gasteiger partial charge in [0.1, 0.15) is 0 Å². The van der Waals surface area contributed by atoms with Gasteiger partial charge in [-0.1, -0.05) is 12.1 Å². The van der Waals surface area contributed by atoms with E-state index in [4.69, 9.17) is 10.8 Å². The molecule has 6 nitrogen and oxygen atoms in total. The summed E-state index contributed by atoms with van der Waals surface area (Å²) in [6.45, 7) is 2.63. The van der Waals surface area contributed by atoms with Crippen LogP contribution in [-0.4, -0.2) is 30.2 Å². The summed E-state index contributed by atoms with van der Waals surface area (Å²) in [5, 5.41) is 14.2. The molecule has 0 saturated carbocycles. The molecule has 0 fully saturated rings. The van der Waals surface area contributed by atoms with Gasteiger partial charge in [0.15, 0.2) is 0 Å². The van der Waals surface area contributed by atoms with E-state index in [1.54, 1.807) is 25.1 Å². The van der Waals surface area contributed by atoms with Gasteiger partial charge in [-0.15, -0.1) is 0 Å². The summed E-state index contributed by atoms with van der Waals surface area (Å²) in [6, 6.07) is 4.49. The Kier molecular flexibility index (Phi) is 5.13. The number of aryl methyl sites for hydroxylation is 1. The normalized spacial score (nSPS) is 9.89. The van der Waals surface area contributed by atoms with Gasteiger partial charge in [-0.3, -0.25) is 0 Å². The number of rotatable bonds is 5. The van der Waals surface area contributed by atoms with Crippen molar-refractivity contribution in [3.8, 4) is 0 Å². The van der Waals surface area contributed by atoms with E-state index in [1.807, 2.05) is 0 Å². The number of nitrogens with two attached hydrogens (primary N) is 1. The van der Waals surface area contributed by atoms with Crippen molar-refractivity contribution < 1.29 is 14.7 Å². The summed E-state index contributed by atoms with van der Waals surface area (Å²) in [6.07, 6.45) is 0.674. The number of benzene rings is 1. The first-order valence-corrected chi connectivity index (χ1v) is 5.64. The zero-order valence-corrected chi connectivity index (χ0v) is 10.2. The summed E-state index contributed by atoms with van der Waals surface area (Å²) in [5.74, 6) is -1.06. The van der Waals surface area contributed by atoms with Crippen molar-refractivity contribution >= 4 is 17.7 Å². The second kappa shape index (κ2) is 6.61. The van der Waals surface area contributed by atoms with Gasteiger partial charge in [0.05, 0.1) is 11.3 Å². The van der Waals surface area contributed by atoms with E-state index in [9.17, 15) is 9.59 Å². The van der Waals surface area contributed by atoms with Crippen LogP contribution in [0.4, 0.5) is 10.5 Å². The molecule has 0 aromatic heterocycles. The van der Waals surface area contributed by atoms with Gasteiger partial charge >= 0.3 is 12.0 Å². The molecule has 0 atom stereocenters. The molecule has 0 unspecified atom stereocenters. The Morgan fingerprint density at radius 1 is 1.39 bits per heavy atom. The van der Waals surface area contributed by atoms with Crippen LogP contribution in [0.3, 0.4) is 0 Å². The maximum Gasteiger partial charge on any atom is 0.338 e. The first-order valence-electron chi connectivity index (χ1n) is 5.64. The van der Waals surface area contributed by atoms with Gasteiger partial charge in [-0.05, 0) is 31.5 Å². The van der Waals surface area contributed by atoms with Crippen LogP contribution in [-0.2, 0) is 0 Å². The summed E-state index contributed by atoms with van der Waals surface area (Å²) in [7, 11) is 0. The van der Waals surface area contributed by atoms with Crippen LogP contribution in [0.25, 0.3) is 0 Å². The Balaban J connectivity index is 2.75. The predicted molar refractivity (Wildman–Crippen MR) is 68.8 cm³/mol.